The summed E-state index contributed by atoms with van der Waals surface area (Å²) in [5, 5.41) is 13.4. The van der Waals surface area contributed by atoms with Gasteiger partial charge in [-0.15, -0.1) is 0 Å². The second kappa shape index (κ2) is 12.3. The Morgan fingerprint density at radius 3 is 2.28 bits per heavy atom. The topological polar surface area (TPSA) is 91.3 Å². The minimum absolute atomic E-state index is 0.0136. The fraction of sp³-hybridized carbons (Fsp3) is 0.412. The van der Waals surface area contributed by atoms with Crippen LogP contribution in [0.3, 0.4) is 0 Å². The number of anilines is 1. The number of nitrogens with zero attached hydrogens (tertiary/aromatic N) is 2. The quantitative estimate of drug-likeness (QED) is 0.237. The number of ether oxygens (including phenoxy) is 2. The summed E-state index contributed by atoms with van der Waals surface area (Å²) in [6, 6.07) is 22.6. The molecule has 3 unspecified atom stereocenters. The minimum atomic E-state index is -1.11. The van der Waals surface area contributed by atoms with Gasteiger partial charge in [-0.25, -0.2) is 9.18 Å². The van der Waals surface area contributed by atoms with Crippen LogP contribution in [0.1, 0.15) is 63.7 Å². The first kappa shape index (κ1) is 30.5. The van der Waals surface area contributed by atoms with Crippen LogP contribution in [0.5, 0.6) is 5.75 Å². The summed E-state index contributed by atoms with van der Waals surface area (Å²) in [5.74, 6) is 0.172. The van der Waals surface area contributed by atoms with Crippen molar-refractivity contribution in [3.8, 4) is 5.75 Å². The number of benzene rings is 3. The predicted molar refractivity (Wildman–Crippen MR) is 162 cm³/mol. The van der Waals surface area contributed by atoms with E-state index in [1.165, 1.54) is 12.1 Å². The molecule has 5 rings (SSSR count). The van der Waals surface area contributed by atoms with E-state index >= 15 is 0 Å². The SMILES string of the molecule is CCOC(O)C(C)(C)Oc1ccc(N2C(=O)C3(CCN(C(=O)NC(C)c4ccccc4)CC3)C2c2ccc(F)cc2)cc1. The zero-order valence-electron chi connectivity index (χ0n) is 25.1. The van der Waals surface area contributed by atoms with Gasteiger partial charge in [0.05, 0.1) is 17.5 Å². The Morgan fingerprint density at radius 2 is 1.67 bits per heavy atom. The van der Waals surface area contributed by atoms with Crippen LogP contribution in [0.15, 0.2) is 78.9 Å². The van der Waals surface area contributed by atoms with Crippen molar-refractivity contribution < 1.29 is 28.6 Å². The maximum Gasteiger partial charge on any atom is 0.317 e. The standard InChI is InChI=1S/C34H40FN3O5/c1-5-42-31(40)33(3,4)43-28-17-15-27(16-18-28)38-29(25-11-13-26(35)14-12-25)34(30(38)39)19-21-37(22-20-34)32(41)36-23(2)24-9-7-6-8-10-24/h6-18,23,29,31,40H,5,19-22H2,1-4H3,(H,36,41). The van der Waals surface area contributed by atoms with Crippen LogP contribution < -0.4 is 15.0 Å². The Morgan fingerprint density at radius 1 is 1.05 bits per heavy atom. The van der Waals surface area contributed by atoms with E-state index in [-0.39, 0.29) is 29.8 Å². The van der Waals surface area contributed by atoms with E-state index in [1.807, 2.05) is 49.4 Å². The number of hydrogen-bond acceptors (Lipinski definition) is 5. The number of urea groups is 1. The normalized spacial score (nSPS) is 19.5. The van der Waals surface area contributed by atoms with E-state index in [1.54, 1.807) is 54.8 Å². The number of piperidine rings is 1. The molecule has 1 spiro atoms. The number of hydrogen-bond donors (Lipinski definition) is 2. The smallest absolute Gasteiger partial charge is 0.317 e. The van der Waals surface area contributed by atoms with Crippen molar-refractivity contribution in [3.63, 3.8) is 0 Å². The number of amides is 3. The first-order valence-electron chi connectivity index (χ1n) is 14.8. The molecule has 9 heteroatoms. The molecular weight excluding hydrogens is 549 g/mol. The van der Waals surface area contributed by atoms with E-state index in [9.17, 15) is 19.1 Å². The average molecular weight is 590 g/mol. The van der Waals surface area contributed by atoms with Crippen molar-refractivity contribution in [2.75, 3.05) is 24.6 Å². The van der Waals surface area contributed by atoms with Gasteiger partial charge in [0.1, 0.15) is 11.6 Å². The number of halogens is 1. The Kier molecular flexibility index (Phi) is 8.76. The zero-order chi connectivity index (χ0) is 30.8. The van der Waals surface area contributed by atoms with Gasteiger partial charge in [-0.05, 0) is 88.1 Å². The molecule has 3 aromatic carbocycles. The van der Waals surface area contributed by atoms with Crippen LogP contribution in [0, 0.1) is 11.2 Å². The van der Waals surface area contributed by atoms with Crippen LogP contribution in [0.4, 0.5) is 14.9 Å². The predicted octanol–water partition coefficient (Wildman–Crippen LogP) is 5.98. The third-order valence-electron chi connectivity index (χ3n) is 8.61. The number of β-lactam (4-membered cyclic amide) rings is 1. The molecule has 3 atom stereocenters. The lowest BCUT2D eigenvalue weighted by molar-refractivity contribution is -0.186. The third-order valence-corrected chi connectivity index (χ3v) is 8.61. The van der Waals surface area contributed by atoms with E-state index in [0.29, 0.717) is 44.0 Å². The van der Waals surface area contributed by atoms with Crippen LogP contribution in [0.25, 0.3) is 0 Å². The first-order valence-corrected chi connectivity index (χ1v) is 14.8. The Hall–Kier alpha value is -3.95. The fourth-order valence-corrected chi connectivity index (χ4v) is 6.12. The summed E-state index contributed by atoms with van der Waals surface area (Å²) in [7, 11) is 0. The van der Waals surface area contributed by atoms with Crippen molar-refractivity contribution in [2.24, 2.45) is 5.41 Å². The molecule has 3 amide bonds. The maximum atomic E-state index is 14.0. The summed E-state index contributed by atoms with van der Waals surface area (Å²) in [4.78, 5) is 30.6. The molecule has 2 N–H and O–H groups in total. The van der Waals surface area contributed by atoms with Gasteiger partial charge < -0.3 is 29.7 Å². The first-order chi connectivity index (χ1) is 20.6. The number of rotatable bonds is 9. The summed E-state index contributed by atoms with van der Waals surface area (Å²) in [6.07, 6.45) is -0.101. The van der Waals surface area contributed by atoms with Crippen LogP contribution >= 0.6 is 0 Å². The molecular formula is C34H40FN3O5. The van der Waals surface area contributed by atoms with Gasteiger partial charge in [-0.1, -0.05) is 42.5 Å². The lowest BCUT2D eigenvalue weighted by Gasteiger charge is -2.59. The van der Waals surface area contributed by atoms with Gasteiger partial charge in [0.15, 0.2) is 11.9 Å². The number of likely N-dealkylation sites (tertiary alicyclic amines) is 1. The molecule has 0 aromatic heterocycles. The molecule has 2 aliphatic rings. The van der Waals surface area contributed by atoms with Crippen LogP contribution in [-0.4, -0.2) is 53.5 Å². The summed E-state index contributed by atoms with van der Waals surface area (Å²) < 4.78 is 25.2. The van der Waals surface area contributed by atoms with Gasteiger partial charge in [-0.2, -0.15) is 0 Å². The maximum absolute atomic E-state index is 14.0. The molecule has 0 radical (unpaired) electrons. The van der Waals surface area contributed by atoms with Gasteiger partial charge >= 0.3 is 6.03 Å². The second-order valence-electron chi connectivity index (χ2n) is 11.9. The molecule has 2 saturated heterocycles. The Labute approximate surface area is 252 Å². The summed E-state index contributed by atoms with van der Waals surface area (Å²) in [5.41, 5.74) is 0.883. The molecule has 2 fully saturated rings. The highest BCUT2D eigenvalue weighted by Crippen LogP contribution is 2.57. The number of carbonyl (C=O) groups excluding carboxylic acids is 2. The molecule has 3 aromatic rings. The number of carbonyl (C=O) groups is 2. The monoisotopic (exact) mass is 589 g/mol. The lowest BCUT2D eigenvalue weighted by atomic mass is 9.62. The van der Waals surface area contributed by atoms with Crippen molar-refractivity contribution in [3.05, 3.63) is 95.8 Å². The highest BCUT2D eigenvalue weighted by atomic mass is 19.1. The molecule has 0 saturated carbocycles. The Balaban J connectivity index is 1.32. The largest absolute Gasteiger partial charge is 0.483 e. The molecule has 8 nitrogen and oxygen atoms in total. The number of nitrogens with one attached hydrogen (secondary N) is 1. The van der Waals surface area contributed by atoms with Crippen molar-refractivity contribution >= 4 is 17.6 Å². The Bertz CT molecular complexity index is 1410. The zero-order valence-corrected chi connectivity index (χ0v) is 25.1. The van der Waals surface area contributed by atoms with E-state index < -0.39 is 17.3 Å². The van der Waals surface area contributed by atoms with Crippen LogP contribution in [0.2, 0.25) is 0 Å². The lowest BCUT2D eigenvalue weighted by Crippen LogP contribution is -2.67. The van der Waals surface area contributed by atoms with E-state index in [4.69, 9.17) is 9.47 Å². The summed E-state index contributed by atoms with van der Waals surface area (Å²) in [6.45, 7) is 8.46. The number of aliphatic hydroxyl groups excluding tert-OH is 1. The molecule has 0 aliphatic carbocycles. The van der Waals surface area contributed by atoms with Gasteiger partial charge in [0.25, 0.3) is 0 Å². The van der Waals surface area contributed by atoms with E-state index in [0.717, 1.165) is 11.1 Å². The van der Waals surface area contributed by atoms with Crippen molar-refractivity contribution in [2.45, 2.75) is 64.5 Å². The van der Waals surface area contributed by atoms with Gasteiger partial charge in [0, 0.05) is 25.4 Å². The van der Waals surface area contributed by atoms with E-state index in [2.05, 4.69) is 5.32 Å². The molecule has 228 valence electrons. The summed E-state index contributed by atoms with van der Waals surface area (Å²) >= 11 is 0. The second-order valence-corrected chi connectivity index (χ2v) is 11.9. The molecule has 2 heterocycles. The molecule has 43 heavy (non-hydrogen) atoms. The van der Waals surface area contributed by atoms with Crippen molar-refractivity contribution in [1.29, 1.82) is 0 Å². The highest BCUT2D eigenvalue weighted by molar-refractivity contribution is 6.06. The van der Waals surface area contributed by atoms with Crippen molar-refractivity contribution in [1.82, 2.24) is 10.2 Å². The molecule has 0 bridgehead atoms. The van der Waals surface area contributed by atoms with Gasteiger partial charge in [0.2, 0.25) is 5.91 Å². The highest BCUT2D eigenvalue weighted by Gasteiger charge is 2.62. The van der Waals surface area contributed by atoms with Crippen LogP contribution in [-0.2, 0) is 9.53 Å². The molecule has 2 aliphatic heterocycles. The fourth-order valence-electron chi connectivity index (χ4n) is 6.12. The third kappa shape index (κ3) is 6.10. The average Bonchev–Trinajstić information content (AvgIpc) is 3.01. The minimum Gasteiger partial charge on any atom is -0.483 e. The number of aliphatic hydroxyl groups is 1. The van der Waals surface area contributed by atoms with Gasteiger partial charge in [-0.3, -0.25) is 4.79 Å².